The Morgan fingerprint density at radius 2 is 1.93 bits per heavy atom. The monoisotopic (exact) mass is 398 g/mol. The molecule has 2 aromatic rings. The number of ether oxygens (including phenoxy) is 2. The average Bonchev–Trinajstić information content (AvgIpc) is 2.64. The van der Waals surface area contributed by atoms with Gasteiger partial charge in [0.25, 0.3) is 0 Å². The fourth-order valence-electron chi connectivity index (χ4n) is 3.22. The van der Waals surface area contributed by atoms with Crippen LogP contribution >= 0.6 is 0 Å². The number of benzene rings is 1. The van der Waals surface area contributed by atoms with E-state index in [4.69, 9.17) is 9.47 Å². The number of aryl methyl sites for hydroxylation is 2. The van der Waals surface area contributed by atoms with Gasteiger partial charge < -0.3 is 19.5 Å². The molecule has 1 unspecified atom stereocenters. The van der Waals surface area contributed by atoms with E-state index in [1.165, 1.54) is 5.56 Å². The molecule has 6 nitrogen and oxygen atoms in total. The summed E-state index contributed by atoms with van der Waals surface area (Å²) in [6, 6.07) is 10.0. The molecule has 1 aromatic carbocycles. The number of pyridine rings is 1. The van der Waals surface area contributed by atoms with Crippen LogP contribution in [0.15, 0.2) is 42.7 Å². The normalized spacial score (nSPS) is 16.3. The first-order valence-electron chi connectivity index (χ1n) is 10.1. The third-order valence-corrected chi connectivity index (χ3v) is 4.86. The van der Waals surface area contributed by atoms with Crippen molar-refractivity contribution < 1.29 is 19.4 Å². The van der Waals surface area contributed by atoms with Crippen molar-refractivity contribution in [2.75, 3.05) is 13.2 Å². The number of hydrogen-bond donors (Lipinski definition) is 1. The first-order valence-corrected chi connectivity index (χ1v) is 10.1. The lowest BCUT2D eigenvalue weighted by Gasteiger charge is -2.40. The molecule has 1 amide bonds. The SMILES string of the molecule is CC(C)(C)OC(=O)N1CCC1COc1cncc(CCc2cccc(CO)c2)c1. The topological polar surface area (TPSA) is 71.9 Å². The maximum absolute atomic E-state index is 12.2. The van der Waals surface area contributed by atoms with Crippen molar-refractivity contribution in [3.05, 3.63) is 59.4 Å². The summed E-state index contributed by atoms with van der Waals surface area (Å²) in [6.45, 7) is 6.80. The molecule has 29 heavy (non-hydrogen) atoms. The third-order valence-electron chi connectivity index (χ3n) is 4.86. The highest BCUT2D eigenvalue weighted by Crippen LogP contribution is 2.23. The first kappa shape index (κ1) is 21.1. The molecular formula is C23H30N2O4. The van der Waals surface area contributed by atoms with Crippen molar-refractivity contribution in [1.82, 2.24) is 9.88 Å². The molecule has 1 saturated heterocycles. The van der Waals surface area contributed by atoms with Crippen molar-refractivity contribution in [3.63, 3.8) is 0 Å². The molecule has 2 heterocycles. The highest BCUT2D eigenvalue weighted by Gasteiger charge is 2.35. The lowest BCUT2D eigenvalue weighted by Crippen LogP contribution is -2.55. The largest absolute Gasteiger partial charge is 0.490 e. The summed E-state index contributed by atoms with van der Waals surface area (Å²) >= 11 is 0. The number of amides is 1. The number of hydrogen-bond acceptors (Lipinski definition) is 5. The van der Waals surface area contributed by atoms with E-state index >= 15 is 0 Å². The summed E-state index contributed by atoms with van der Waals surface area (Å²) in [5.74, 6) is 0.711. The summed E-state index contributed by atoms with van der Waals surface area (Å²) in [5.41, 5.74) is 2.71. The second kappa shape index (κ2) is 9.27. The van der Waals surface area contributed by atoms with E-state index < -0.39 is 5.60 Å². The summed E-state index contributed by atoms with van der Waals surface area (Å²) < 4.78 is 11.3. The number of likely N-dealkylation sites (tertiary alicyclic amines) is 1. The Morgan fingerprint density at radius 3 is 2.62 bits per heavy atom. The number of aliphatic hydroxyl groups is 1. The molecule has 1 aliphatic rings. The van der Waals surface area contributed by atoms with Gasteiger partial charge in [0.15, 0.2) is 0 Å². The minimum absolute atomic E-state index is 0.0368. The number of aromatic nitrogens is 1. The summed E-state index contributed by atoms with van der Waals surface area (Å²) in [4.78, 5) is 18.2. The van der Waals surface area contributed by atoms with Crippen molar-refractivity contribution >= 4 is 6.09 Å². The van der Waals surface area contributed by atoms with Crippen LogP contribution in [0.4, 0.5) is 4.79 Å². The molecule has 3 rings (SSSR count). The predicted molar refractivity (Wildman–Crippen MR) is 111 cm³/mol. The molecule has 0 bridgehead atoms. The Morgan fingerprint density at radius 1 is 1.17 bits per heavy atom. The molecule has 1 atom stereocenters. The van der Waals surface area contributed by atoms with Crippen LogP contribution in [0.25, 0.3) is 0 Å². The van der Waals surface area contributed by atoms with Gasteiger partial charge in [-0.3, -0.25) is 4.98 Å². The molecule has 1 fully saturated rings. The van der Waals surface area contributed by atoms with Gasteiger partial charge in [0.05, 0.1) is 18.8 Å². The predicted octanol–water partition coefficient (Wildman–Crippen LogP) is 3.75. The van der Waals surface area contributed by atoms with Crippen LogP contribution in [0.2, 0.25) is 0 Å². The number of nitrogens with zero attached hydrogens (tertiary/aromatic N) is 2. The maximum atomic E-state index is 12.2. The van der Waals surface area contributed by atoms with Gasteiger partial charge in [0.1, 0.15) is 18.0 Å². The molecule has 0 saturated carbocycles. The Balaban J connectivity index is 1.50. The van der Waals surface area contributed by atoms with E-state index in [1.54, 1.807) is 11.1 Å². The van der Waals surface area contributed by atoms with E-state index in [2.05, 4.69) is 11.1 Å². The number of carbonyl (C=O) groups excluding carboxylic acids is 1. The van der Waals surface area contributed by atoms with Gasteiger partial charge in [-0.25, -0.2) is 4.79 Å². The van der Waals surface area contributed by atoms with Crippen molar-refractivity contribution in [2.24, 2.45) is 0 Å². The standard InChI is InChI=1S/C23H30N2O4/c1-23(2,3)29-22(27)25-10-9-20(25)16-28-21-12-18(13-24-14-21)8-7-17-5-4-6-19(11-17)15-26/h4-6,11-14,20,26H,7-10,15-16H2,1-3H3. The van der Waals surface area contributed by atoms with Crippen LogP contribution < -0.4 is 4.74 Å². The molecule has 0 spiro atoms. The molecule has 1 aliphatic heterocycles. The van der Waals surface area contributed by atoms with Gasteiger partial charge in [-0.15, -0.1) is 0 Å². The molecular weight excluding hydrogens is 368 g/mol. The van der Waals surface area contributed by atoms with Gasteiger partial charge >= 0.3 is 6.09 Å². The fourth-order valence-corrected chi connectivity index (χ4v) is 3.22. The van der Waals surface area contributed by atoms with Crippen LogP contribution in [0, 0.1) is 0 Å². The van der Waals surface area contributed by atoms with E-state index in [9.17, 15) is 9.90 Å². The molecule has 0 aliphatic carbocycles. The smallest absolute Gasteiger partial charge is 0.410 e. The molecule has 1 aromatic heterocycles. The van der Waals surface area contributed by atoms with Crippen LogP contribution in [0.3, 0.4) is 0 Å². The minimum Gasteiger partial charge on any atom is -0.490 e. The van der Waals surface area contributed by atoms with Crippen LogP contribution in [0.5, 0.6) is 5.75 Å². The summed E-state index contributed by atoms with van der Waals surface area (Å²) in [5, 5.41) is 9.26. The van der Waals surface area contributed by atoms with E-state index in [0.29, 0.717) is 18.9 Å². The minimum atomic E-state index is -0.493. The molecule has 0 radical (unpaired) electrons. The van der Waals surface area contributed by atoms with Gasteiger partial charge in [0.2, 0.25) is 0 Å². The van der Waals surface area contributed by atoms with Gasteiger partial charge in [0, 0.05) is 12.7 Å². The van der Waals surface area contributed by atoms with E-state index in [1.807, 2.05) is 51.2 Å². The fraction of sp³-hybridized carbons (Fsp3) is 0.478. The Bertz CT molecular complexity index is 832. The van der Waals surface area contributed by atoms with Crippen LogP contribution in [-0.2, 0) is 24.2 Å². The van der Waals surface area contributed by atoms with Crippen molar-refractivity contribution in [3.8, 4) is 5.75 Å². The van der Waals surface area contributed by atoms with E-state index in [-0.39, 0.29) is 18.7 Å². The average molecular weight is 399 g/mol. The third kappa shape index (κ3) is 6.19. The number of carbonyl (C=O) groups is 1. The van der Waals surface area contributed by atoms with Crippen LogP contribution in [-0.4, -0.2) is 45.9 Å². The lowest BCUT2D eigenvalue weighted by molar-refractivity contribution is -0.0141. The van der Waals surface area contributed by atoms with Crippen molar-refractivity contribution in [2.45, 2.75) is 58.3 Å². The zero-order valence-corrected chi connectivity index (χ0v) is 17.4. The summed E-state index contributed by atoms with van der Waals surface area (Å²) in [6.07, 6.45) is 5.88. The molecule has 6 heteroatoms. The summed E-state index contributed by atoms with van der Waals surface area (Å²) in [7, 11) is 0. The highest BCUT2D eigenvalue weighted by atomic mass is 16.6. The van der Waals surface area contributed by atoms with E-state index in [0.717, 1.165) is 30.4 Å². The zero-order valence-electron chi connectivity index (χ0n) is 17.4. The van der Waals surface area contributed by atoms with Gasteiger partial charge in [-0.2, -0.15) is 0 Å². The van der Waals surface area contributed by atoms with Gasteiger partial charge in [-0.1, -0.05) is 24.3 Å². The van der Waals surface area contributed by atoms with Crippen LogP contribution in [0.1, 0.15) is 43.9 Å². The van der Waals surface area contributed by atoms with Gasteiger partial charge in [-0.05, 0) is 62.8 Å². The number of aliphatic hydroxyl groups excluding tert-OH is 1. The Kier molecular flexibility index (Phi) is 6.75. The lowest BCUT2D eigenvalue weighted by atomic mass is 10.0. The zero-order chi connectivity index (χ0) is 20.9. The second-order valence-corrected chi connectivity index (χ2v) is 8.43. The quantitative estimate of drug-likeness (QED) is 0.769. The molecule has 156 valence electrons. The second-order valence-electron chi connectivity index (χ2n) is 8.43. The number of rotatable bonds is 7. The Labute approximate surface area is 172 Å². The van der Waals surface area contributed by atoms with Crippen molar-refractivity contribution in [1.29, 1.82) is 0 Å². The Hall–Kier alpha value is -2.60. The maximum Gasteiger partial charge on any atom is 0.410 e. The first-order chi connectivity index (χ1) is 13.8. The highest BCUT2D eigenvalue weighted by molar-refractivity contribution is 5.69. The molecule has 1 N–H and O–H groups in total.